The first-order valence-corrected chi connectivity index (χ1v) is 17.8. The van der Waals surface area contributed by atoms with Gasteiger partial charge in [0.1, 0.15) is 0 Å². The van der Waals surface area contributed by atoms with E-state index in [1.54, 1.807) is 5.56 Å². The summed E-state index contributed by atoms with van der Waals surface area (Å²) in [6.45, 7) is 19.5. The van der Waals surface area contributed by atoms with Gasteiger partial charge < -0.3 is 0 Å². The molecule has 0 atom stereocenters. The highest BCUT2D eigenvalue weighted by atomic mass is 14.7. The van der Waals surface area contributed by atoms with Crippen molar-refractivity contribution in [3.63, 3.8) is 0 Å². The second-order valence-corrected chi connectivity index (χ2v) is 17.7. The number of aryl methyl sites for hydroxylation is 2. The van der Waals surface area contributed by atoms with Crippen molar-refractivity contribution >= 4 is 10.8 Å². The number of hydrogen-bond acceptors (Lipinski definition) is 1. The Morgan fingerprint density at radius 3 is 1.47 bits per heavy atom. The van der Waals surface area contributed by atoms with E-state index in [0.29, 0.717) is 16.2 Å². The first kappa shape index (κ1) is 30.9. The summed E-state index contributed by atoms with van der Waals surface area (Å²) in [7, 11) is 0. The Balaban J connectivity index is 1.51. The van der Waals surface area contributed by atoms with Crippen LogP contribution in [0.3, 0.4) is 0 Å². The Bertz CT molecular complexity index is 1340. The largest absolute Gasteiger partial charge is 0.256 e. The lowest BCUT2D eigenvalue weighted by Crippen LogP contribution is -2.52. The van der Waals surface area contributed by atoms with Gasteiger partial charge >= 0.3 is 0 Å². The molecule has 43 heavy (non-hydrogen) atoms. The van der Waals surface area contributed by atoms with Gasteiger partial charge in [0, 0.05) is 22.6 Å². The maximum atomic E-state index is 4.97. The third kappa shape index (κ3) is 6.09. The molecule has 0 radical (unpaired) electrons. The normalized spacial score (nSPS) is 23.4. The minimum Gasteiger partial charge on any atom is -0.256 e. The average Bonchev–Trinajstić information content (AvgIpc) is 2.94. The molecule has 3 fully saturated rings. The van der Waals surface area contributed by atoms with E-state index in [1.807, 2.05) is 0 Å². The third-order valence-corrected chi connectivity index (χ3v) is 12.8. The fourth-order valence-corrected chi connectivity index (χ4v) is 10.1. The van der Waals surface area contributed by atoms with E-state index >= 15 is 0 Å². The molecule has 0 N–H and O–H groups in total. The molecule has 3 aliphatic rings. The number of nitrogens with zero attached hydrogens (tertiary/aromatic N) is 1. The summed E-state index contributed by atoms with van der Waals surface area (Å²) in [5.74, 6) is 2.36. The fourth-order valence-electron chi connectivity index (χ4n) is 10.1. The van der Waals surface area contributed by atoms with Crippen LogP contribution < -0.4 is 0 Å². The molecule has 3 saturated carbocycles. The van der Waals surface area contributed by atoms with E-state index in [1.165, 1.54) is 105 Å². The zero-order chi connectivity index (χ0) is 30.6. The molecule has 0 unspecified atom stereocenters. The van der Waals surface area contributed by atoms with Crippen LogP contribution in [0.2, 0.25) is 0 Å². The number of aromatic nitrogens is 1. The average molecular weight is 578 g/mol. The van der Waals surface area contributed by atoms with Gasteiger partial charge in [0.2, 0.25) is 0 Å². The lowest BCUT2D eigenvalue weighted by Gasteiger charge is -2.58. The van der Waals surface area contributed by atoms with Crippen LogP contribution in [0.5, 0.6) is 0 Å². The Labute approximate surface area is 263 Å². The van der Waals surface area contributed by atoms with Crippen LogP contribution in [0.1, 0.15) is 135 Å². The number of benzene rings is 2. The quantitative estimate of drug-likeness (QED) is 0.294. The van der Waals surface area contributed by atoms with Crippen molar-refractivity contribution in [2.45, 2.75) is 138 Å². The SMILES string of the molecule is Cc1cc(C)cc(-c2nccc3cc(C(C4CCC(C)(C)CC4)(C4CCC(C)(C)CC4)C4CCC(C)(C)CC4)ccc23)c1. The van der Waals surface area contributed by atoms with Crippen molar-refractivity contribution < 1.29 is 0 Å². The van der Waals surface area contributed by atoms with Crippen molar-refractivity contribution in [1.29, 1.82) is 0 Å². The molecule has 0 amide bonds. The van der Waals surface area contributed by atoms with Gasteiger partial charge in [-0.05, 0) is 154 Å². The van der Waals surface area contributed by atoms with Gasteiger partial charge in [-0.25, -0.2) is 0 Å². The summed E-state index contributed by atoms with van der Waals surface area (Å²) < 4.78 is 0. The number of fused-ring (bicyclic) bond motifs is 1. The van der Waals surface area contributed by atoms with E-state index in [-0.39, 0.29) is 5.41 Å². The van der Waals surface area contributed by atoms with Gasteiger partial charge in [0.05, 0.1) is 5.69 Å². The molecule has 232 valence electrons. The Morgan fingerprint density at radius 2 is 1.02 bits per heavy atom. The van der Waals surface area contributed by atoms with Gasteiger partial charge in [0.15, 0.2) is 0 Å². The molecule has 0 aliphatic heterocycles. The molecule has 1 heteroatoms. The molecule has 1 nitrogen and oxygen atoms in total. The summed E-state index contributed by atoms with van der Waals surface area (Å²) in [5, 5.41) is 2.69. The predicted octanol–water partition coefficient (Wildman–Crippen LogP) is 12.4. The van der Waals surface area contributed by atoms with Crippen LogP contribution in [0, 0.1) is 47.8 Å². The van der Waals surface area contributed by atoms with E-state index in [4.69, 9.17) is 4.98 Å². The highest BCUT2D eigenvalue weighted by molar-refractivity contribution is 5.95. The van der Waals surface area contributed by atoms with Crippen LogP contribution in [-0.2, 0) is 5.41 Å². The van der Waals surface area contributed by atoms with Gasteiger partial charge in [-0.1, -0.05) is 76.9 Å². The number of rotatable bonds is 5. The van der Waals surface area contributed by atoms with E-state index in [9.17, 15) is 0 Å². The number of pyridine rings is 1. The Kier molecular flexibility index (Phi) is 8.13. The van der Waals surface area contributed by atoms with Crippen LogP contribution in [0.25, 0.3) is 22.0 Å². The predicted molar refractivity (Wildman–Crippen MR) is 186 cm³/mol. The molecular formula is C42H59N. The summed E-state index contributed by atoms with van der Waals surface area (Å²) in [4.78, 5) is 4.97. The molecular weight excluding hydrogens is 518 g/mol. The molecule has 3 aliphatic carbocycles. The maximum Gasteiger partial charge on any atom is 0.0780 e. The smallest absolute Gasteiger partial charge is 0.0780 e. The highest BCUT2D eigenvalue weighted by Gasteiger charge is 2.54. The van der Waals surface area contributed by atoms with Crippen LogP contribution in [0.4, 0.5) is 0 Å². The van der Waals surface area contributed by atoms with Crippen molar-refractivity contribution in [2.75, 3.05) is 0 Å². The third-order valence-electron chi connectivity index (χ3n) is 12.8. The molecule has 0 bridgehead atoms. The van der Waals surface area contributed by atoms with Crippen LogP contribution in [-0.4, -0.2) is 4.98 Å². The van der Waals surface area contributed by atoms with Crippen molar-refractivity contribution in [1.82, 2.24) is 4.98 Å². The lowest BCUT2D eigenvalue weighted by atomic mass is 9.46. The monoisotopic (exact) mass is 577 g/mol. The summed E-state index contributed by atoms with van der Waals surface area (Å²) in [6.07, 6.45) is 18.7. The number of hydrogen-bond donors (Lipinski definition) is 0. The molecule has 0 spiro atoms. The van der Waals surface area contributed by atoms with Gasteiger partial charge in [-0.15, -0.1) is 0 Å². The summed E-state index contributed by atoms with van der Waals surface area (Å²) in [5.41, 5.74) is 8.43. The molecule has 1 aromatic heterocycles. The van der Waals surface area contributed by atoms with Crippen molar-refractivity contribution in [2.24, 2.45) is 34.0 Å². The van der Waals surface area contributed by atoms with Crippen molar-refractivity contribution in [3.05, 3.63) is 65.4 Å². The Hall–Kier alpha value is -2.15. The highest BCUT2D eigenvalue weighted by Crippen LogP contribution is 2.61. The summed E-state index contributed by atoms with van der Waals surface area (Å²) in [6, 6.07) is 16.9. The van der Waals surface area contributed by atoms with Gasteiger partial charge in [0.25, 0.3) is 0 Å². The molecule has 1 heterocycles. The van der Waals surface area contributed by atoms with Gasteiger partial charge in [-0.3, -0.25) is 4.98 Å². The molecule has 2 aromatic carbocycles. The van der Waals surface area contributed by atoms with Crippen LogP contribution >= 0.6 is 0 Å². The van der Waals surface area contributed by atoms with E-state index < -0.39 is 0 Å². The summed E-state index contributed by atoms with van der Waals surface area (Å²) >= 11 is 0. The molecule has 0 saturated heterocycles. The zero-order valence-electron chi connectivity index (χ0n) is 28.8. The maximum absolute atomic E-state index is 4.97. The standard InChI is InChI=1S/C42H59N/c1-29-25-30(2)27-32(26-29)38-37-10-9-36(28-31(37)17-24-43-38)42(33-11-18-39(3,4)19-12-33,34-13-20-40(5,6)21-14-34)35-15-22-41(7,8)23-16-35/h9-10,17,24-28,33-35H,11-16,18-23H2,1-8H3. The van der Waals surface area contributed by atoms with E-state index in [2.05, 4.69) is 104 Å². The van der Waals surface area contributed by atoms with Crippen molar-refractivity contribution in [3.8, 4) is 11.3 Å². The minimum absolute atomic E-state index is 0.279. The van der Waals surface area contributed by atoms with Crippen LogP contribution in [0.15, 0.2) is 48.7 Å². The topological polar surface area (TPSA) is 12.9 Å². The Morgan fingerprint density at radius 1 is 0.581 bits per heavy atom. The lowest BCUT2D eigenvalue weighted by molar-refractivity contribution is -0.0182. The molecule has 6 rings (SSSR count). The first-order valence-electron chi connectivity index (χ1n) is 17.8. The first-order chi connectivity index (χ1) is 20.3. The second kappa shape index (κ2) is 11.3. The fraction of sp³-hybridized carbons (Fsp3) is 0.643. The second-order valence-electron chi connectivity index (χ2n) is 17.7. The zero-order valence-corrected chi connectivity index (χ0v) is 28.8. The van der Waals surface area contributed by atoms with Gasteiger partial charge in [-0.2, -0.15) is 0 Å². The minimum atomic E-state index is 0.279. The molecule has 3 aromatic rings. The van der Waals surface area contributed by atoms with E-state index in [0.717, 1.165) is 23.4 Å².